The molecule has 1 aromatic rings. The number of anilines is 1. The van der Waals surface area contributed by atoms with Crippen molar-refractivity contribution < 1.29 is 28.6 Å². The van der Waals surface area contributed by atoms with Crippen molar-refractivity contribution in [3.63, 3.8) is 0 Å². The molecule has 1 heterocycles. The lowest BCUT2D eigenvalue weighted by Gasteiger charge is -2.35. The molecule has 2 fully saturated rings. The monoisotopic (exact) mass is 438 g/mol. The van der Waals surface area contributed by atoms with Crippen LogP contribution in [0.25, 0.3) is 0 Å². The van der Waals surface area contributed by atoms with E-state index in [1.165, 1.54) is 26.2 Å². The Balaban J connectivity index is 1.79. The molecule has 164 valence electrons. The van der Waals surface area contributed by atoms with Crippen LogP contribution in [-0.4, -0.2) is 51.2 Å². The topological polar surface area (TPSA) is 94.2 Å². The second-order valence-corrected chi connectivity index (χ2v) is 8.09. The predicted molar refractivity (Wildman–Crippen MR) is 111 cm³/mol. The Morgan fingerprint density at radius 3 is 2.37 bits per heavy atom. The van der Waals surface area contributed by atoms with Gasteiger partial charge in [-0.25, -0.2) is 4.79 Å². The fourth-order valence-corrected chi connectivity index (χ4v) is 4.47. The summed E-state index contributed by atoms with van der Waals surface area (Å²) >= 11 is 6.23. The van der Waals surface area contributed by atoms with Crippen LogP contribution in [-0.2, 0) is 19.1 Å². The Kier molecular flexibility index (Phi) is 6.75. The minimum absolute atomic E-state index is 0.0376. The molecule has 1 aromatic carbocycles. The third kappa shape index (κ3) is 4.19. The van der Waals surface area contributed by atoms with Crippen LogP contribution in [0.5, 0.6) is 11.5 Å². The summed E-state index contributed by atoms with van der Waals surface area (Å²) in [5.41, 5.74) is -0.536. The standard InChI is InChI=1S/C21H27ClN2O6/c1-28-16-11-17(29-2)15(10-14(16)22)24-12-13(9-18(24)25)19(26)23-21(20(27)30-3)7-5-4-6-8-21/h10-11,13H,4-9,12H2,1-3H3,(H,23,26). The Hall–Kier alpha value is -2.48. The number of hydrogen-bond acceptors (Lipinski definition) is 6. The van der Waals surface area contributed by atoms with Crippen LogP contribution < -0.4 is 19.7 Å². The number of halogens is 1. The fraction of sp³-hybridized carbons (Fsp3) is 0.571. The fourth-order valence-electron chi connectivity index (χ4n) is 4.24. The summed E-state index contributed by atoms with van der Waals surface area (Å²) in [6.45, 7) is 0.168. The number of benzene rings is 1. The quantitative estimate of drug-likeness (QED) is 0.686. The van der Waals surface area contributed by atoms with E-state index in [-0.39, 0.29) is 24.8 Å². The lowest BCUT2D eigenvalue weighted by atomic mass is 9.81. The Morgan fingerprint density at radius 2 is 1.77 bits per heavy atom. The molecule has 1 aliphatic heterocycles. The van der Waals surface area contributed by atoms with Gasteiger partial charge in [-0.15, -0.1) is 0 Å². The molecule has 1 saturated heterocycles. The highest BCUT2D eigenvalue weighted by atomic mass is 35.5. The van der Waals surface area contributed by atoms with Crippen molar-refractivity contribution in [2.45, 2.75) is 44.1 Å². The molecular formula is C21H27ClN2O6. The summed E-state index contributed by atoms with van der Waals surface area (Å²) in [7, 11) is 4.30. The third-order valence-corrected chi connectivity index (χ3v) is 6.18. The van der Waals surface area contributed by atoms with E-state index in [4.69, 9.17) is 25.8 Å². The van der Waals surface area contributed by atoms with Gasteiger partial charge in [0.2, 0.25) is 11.8 Å². The normalized spacial score (nSPS) is 20.6. The lowest BCUT2D eigenvalue weighted by Crippen LogP contribution is -2.57. The SMILES string of the molecule is COC(=O)C1(NC(=O)C2CC(=O)N(c3cc(Cl)c(OC)cc3OC)C2)CCCCC1. The molecule has 1 unspecified atom stereocenters. The average Bonchev–Trinajstić information content (AvgIpc) is 3.15. The summed E-state index contributed by atoms with van der Waals surface area (Å²) in [5.74, 6) is -0.714. The molecule has 9 heteroatoms. The first-order valence-electron chi connectivity index (χ1n) is 9.97. The highest BCUT2D eigenvalue weighted by Crippen LogP contribution is 2.40. The number of esters is 1. The zero-order chi connectivity index (χ0) is 21.9. The van der Waals surface area contributed by atoms with E-state index in [1.807, 2.05) is 0 Å². The van der Waals surface area contributed by atoms with Crippen LogP contribution in [0, 0.1) is 5.92 Å². The maximum atomic E-state index is 13.0. The Bertz CT molecular complexity index is 837. The number of hydrogen-bond donors (Lipinski definition) is 1. The number of nitrogens with zero attached hydrogens (tertiary/aromatic N) is 1. The Morgan fingerprint density at radius 1 is 1.10 bits per heavy atom. The molecule has 0 radical (unpaired) electrons. The van der Waals surface area contributed by atoms with Crippen LogP contribution >= 0.6 is 11.6 Å². The van der Waals surface area contributed by atoms with Gasteiger partial charge in [0.15, 0.2) is 0 Å². The first-order valence-corrected chi connectivity index (χ1v) is 10.4. The zero-order valence-corrected chi connectivity index (χ0v) is 18.2. The van der Waals surface area contributed by atoms with Crippen molar-refractivity contribution in [1.29, 1.82) is 0 Å². The molecule has 1 aliphatic carbocycles. The van der Waals surface area contributed by atoms with E-state index >= 15 is 0 Å². The van der Waals surface area contributed by atoms with Gasteiger partial charge in [-0.1, -0.05) is 30.9 Å². The van der Waals surface area contributed by atoms with E-state index < -0.39 is 17.4 Å². The van der Waals surface area contributed by atoms with Crippen LogP contribution in [0.1, 0.15) is 38.5 Å². The molecule has 3 rings (SSSR count). The van der Waals surface area contributed by atoms with Gasteiger partial charge in [-0.05, 0) is 18.9 Å². The van der Waals surface area contributed by atoms with E-state index in [9.17, 15) is 14.4 Å². The van der Waals surface area contributed by atoms with Gasteiger partial charge in [-0.3, -0.25) is 9.59 Å². The molecule has 1 atom stereocenters. The van der Waals surface area contributed by atoms with Crippen LogP contribution in [0.4, 0.5) is 5.69 Å². The zero-order valence-electron chi connectivity index (χ0n) is 17.5. The van der Waals surface area contributed by atoms with Gasteiger partial charge in [0.1, 0.15) is 17.0 Å². The first kappa shape index (κ1) is 22.2. The highest BCUT2D eigenvalue weighted by Gasteiger charge is 2.45. The van der Waals surface area contributed by atoms with Gasteiger partial charge in [0.05, 0.1) is 38.0 Å². The number of carbonyl (C=O) groups excluding carboxylic acids is 3. The van der Waals surface area contributed by atoms with Crippen molar-refractivity contribution in [3.05, 3.63) is 17.2 Å². The number of methoxy groups -OCH3 is 3. The second-order valence-electron chi connectivity index (χ2n) is 7.69. The van der Waals surface area contributed by atoms with Crippen LogP contribution in [0.3, 0.4) is 0 Å². The summed E-state index contributed by atoms with van der Waals surface area (Å²) in [6.07, 6.45) is 3.81. The summed E-state index contributed by atoms with van der Waals surface area (Å²) < 4.78 is 15.5. The molecule has 30 heavy (non-hydrogen) atoms. The van der Waals surface area contributed by atoms with E-state index in [2.05, 4.69) is 5.32 Å². The maximum Gasteiger partial charge on any atom is 0.331 e. The van der Waals surface area contributed by atoms with Gasteiger partial charge in [0.25, 0.3) is 0 Å². The van der Waals surface area contributed by atoms with Crippen molar-refractivity contribution in [1.82, 2.24) is 5.32 Å². The van der Waals surface area contributed by atoms with Gasteiger partial charge >= 0.3 is 5.97 Å². The minimum Gasteiger partial charge on any atom is -0.495 e. The van der Waals surface area contributed by atoms with Crippen molar-refractivity contribution in [2.75, 3.05) is 32.8 Å². The van der Waals surface area contributed by atoms with Crippen molar-refractivity contribution >= 4 is 35.1 Å². The summed E-state index contributed by atoms with van der Waals surface area (Å²) in [4.78, 5) is 39.6. The predicted octanol–water partition coefficient (Wildman–Crippen LogP) is 2.70. The van der Waals surface area contributed by atoms with Gasteiger partial charge < -0.3 is 24.4 Å². The highest BCUT2D eigenvalue weighted by molar-refractivity contribution is 6.32. The third-order valence-electron chi connectivity index (χ3n) is 5.89. The number of ether oxygens (including phenoxy) is 3. The van der Waals surface area contributed by atoms with E-state index in [0.29, 0.717) is 35.1 Å². The number of rotatable bonds is 6. The molecule has 0 bridgehead atoms. The molecule has 2 amide bonds. The largest absolute Gasteiger partial charge is 0.495 e. The van der Waals surface area contributed by atoms with Crippen molar-refractivity contribution in [2.24, 2.45) is 5.92 Å². The number of nitrogens with one attached hydrogen (secondary N) is 1. The molecule has 2 aliphatic rings. The molecule has 1 saturated carbocycles. The number of carbonyl (C=O) groups is 3. The van der Waals surface area contributed by atoms with E-state index in [1.54, 1.807) is 12.1 Å². The molecular weight excluding hydrogens is 412 g/mol. The molecule has 0 aromatic heterocycles. The molecule has 0 spiro atoms. The van der Waals surface area contributed by atoms with Gasteiger partial charge in [0, 0.05) is 19.0 Å². The smallest absolute Gasteiger partial charge is 0.331 e. The van der Waals surface area contributed by atoms with Gasteiger partial charge in [-0.2, -0.15) is 0 Å². The van der Waals surface area contributed by atoms with Crippen LogP contribution in [0.15, 0.2) is 12.1 Å². The molecule has 8 nitrogen and oxygen atoms in total. The first-order chi connectivity index (χ1) is 14.3. The molecule has 1 N–H and O–H groups in total. The average molecular weight is 439 g/mol. The van der Waals surface area contributed by atoms with Crippen molar-refractivity contribution in [3.8, 4) is 11.5 Å². The number of amides is 2. The van der Waals surface area contributed by atoms with E-state index in [0.717, 1.165) is 19.3 Å². The second kappa shape index (κ2) is 9.12. The minimum atomic E-state index is -1.01. The lowest BCUT2D eigenvalue weighted by molar-refractivity contribution is -0.153. The maximum absolute atomic E-state index is 13.0. The van der Waals surface area contributed by atoms with Crippen LogP contribution in [0.2, 0.25) is 5.02 Å². The summed E-state index contributed by atoms with van der Waals surface area (Å²) in [6, 6.07) is 3.20. The summed E-state index contributed by atoms with van der Waals surface area (Å²) in [5, 5.41) is 3.24. The Labute approximate surface area is 180 Å².